The Morgan fingerprint density at radius 3 is 3.00 bits per heavy atom. The molecule has 0 spiro atoms. The molecule has 0 fully saturated rings. The van der Waals surface area contributed by atoms with E-state index in [1.807, 2.05) is 6.07 Å². The van der Waals surface area contributed by atoms with Gasteiger partial charge in [-0.25, -0.2) is 0 Å². The fourth-order valence-corrected chi connectivity index (χ4v) is 1.49. The average molecular weight is 247 g/mol. The highest BCUT2D eigenvalue weighted by Crippen LogP contribution is 2.04. The van der Waals surface area contributed by atoms with E-state index in [-0.39, 0.29) is 18.4 Å². The maximum atomic E-state index is 11.6. The molecule has 0 aliphatic carbocycles. The van der Waals surface area contributed by atoms with Crippen LogP contribution in [-0.2, 0) is 16.1 Å². The van der Waals surface area contributed by atoms with Crippen molar-refractivity contribution in [2.45, 2.75) is 19.1 Å². The second-order valence-corrected chi connectivity index (χ2v) is 3.89. The predicted octanol–water partition coefficient (Wildman–Crippen LogP) is 0.538. The van der Waals surface area contributed by atoms with E-state index in [2.05, 4.69) is 11.4 Å². The predicted molar refractivity (Wildman–Crippen MR) is 67.5 cm³/mol. The summed E-state index contributed by atoms with van der Waals surface area (Å²) in [5.41, 5.74) is 6.91. The summed E-state index contributed by atoms with van der Waals surface area (Å²) in [4.78, 5) is 11.6. The molecule has 1 atom stereocenters. The SMILES string of the molecule is COC(CN)CC(=O)NCc1cccc(C#N)c1. The number of nitrogens with one attached hydrogen (secondary N) is 1. The van der Waals surface area contributed by atoms with E-state index in [0.29, 0.717) is 18.7 Å². The van der Waals surface area contributed by atoms with E-state index in [9.17, 15) is 4.79 Å². The molecule has 1 aromatic carbocycles. The van der Waals surface area contributed by atoms with Crippen molar-refractivity contribution in [1.82, 2.24) is 5.32 Å². The molecular weight excluding hydrogens is 230 g/mol. The van der Waals surface area contributed by atoms with Gasteiger partial charge in [0.2, 0.25) is 5.91 Å². The molecule has 18 heavy (non-hydrogen) atoms. The number of hydrogen-bond acceptors (Lipinski definition) is 4. The Kier molecular flexibility index (Phi) is 5.85. The Bertz CT molecular complexity index is 436. The van der Waals surface area contributed by atoms with E-state index in [4.69, 9.17) is 15.7 Å². The molecule has 1 amide bonds. The van der Waals surface area contributed by atoms with Crippen molar-refractivity contribution in [2.24, 2.45) is 5.73 Å². The first kappa shape index (κ1) is 14.2. The molecule has 0 saturated heterocycles. The zero-order valence-electron chi connectivity index (χ0n) is 10.3. The van der Waals surface area contributed by atoms with Gasteiger partial charge in [-0.1, -0.05) is 12.1 Å². The summed E-state index contributed by atoms with van der Waals surface area (Å²) in [7, 11) is 1.53. The first-order valence-corrected chi connectivity index (χ1v) is 5.68. The van der Waals surface area contributed by atoms with Crippen molar-refractivity contribution in [2.75, 3.05) is 13.7 Å². The third-order valence-electron chi connectivity index (χ3n) is 2.56. The van der Waals surface area contributed by atoms with Gasteiger partial charge in [0.1, 0.15) is 0 Å². The monoisotopic (exact) mass is 247 g/mol. The Morgan fingerprint density at radius 1 is 1.61 bits per heavy atom. The maximum Gasteiger partial charge on any atom is 0.222 e. The van der Waals surface area contributed by atoms with Crippen molar-refractivity contribution in [3.8, 4) is 6.07 Å². The molecule has 1 rings (SSSR count). The standard InChI is InChI=1S/C13H17N3O2/c1-18-12(8-15)6-13(17)16-9-11-4-2-3-10(5-11)7-14/h2-5,12H,6,8-9,15H2,1H3,(H,16,17). The number of ether oxygens (including phenoxy) is 1. The van der Waals surface area contributed by atoms with E-state index in [0.717, 1.165) is 5.56 Å². The molecule has 0 bridgehead atoms. The normalized spacial score (nSPS) is 11.6. The number of benzene rings is 1. The van der Waals surface area contributed by atoms with Crippen LogP contribution in [0.2, 0.25) is 0 Å². The van der Waals surface area contributed by atoms with Crippen LogP contribution in [0.3, 0.4) is 0 Å². The number of nitrogens with zero attached hydrogens (tertiary/aromatic N) is 1. The molecule has 5 heteroatoms. The highest BCUT2D eigenvalue weighted by molar-refractivity contribution is 5.76. The summed E-state index contributed by atoms with van der Waals surface area (Å²) in [6.07, 6.45) is -0.0132. The minimum atomic E-state index is -0.254. The van der Waals surface area contributed by atoms with Crippen LogP contribution in [0.5, 0.6) is 0 Å². The molecule has 3 N–H and O–H groups in total. The number of nitrogens with two attached hydrogens (primary N) is 1. The van der Waals surface area contributed by atoms with Crippen LogP contribution < -0.4 is 11.1 Å². The van der Waals surface area contributed by atoms with E-state index in [1.54, 1.807) is 18.2 Å². The summed E-state index contributed by atoms with van der Waals surface area (Å²) in [6, 6.07) is 9.17. The third-order valence-corrected chi connectivity index (χ3v) is 2.56. The van der Waals surface area contributed by atoms with Gasteiger partial charge in [-0.3, -0.25) is 4.79 Å². The Morgan fingerprint density at radius 2 is 2.39 bits per heavy atom. The summed E-state index contributed by atoms with van der Waals surface area (Å²) < 4.78 is 5.03. The molecule has 0 aliphatic heterocycles. The van der Waals surface area contributed by atoms with Crippen molar-refractivity contribution < 1.29 is 9.53 Å². The Hall–Kier alpha value is -1.90. The highest BCUT2D eigenvalue weighted by atomic mass is 16.5. The largest absolute Gasteiger partial charge is 0.380 e. The molecule has 0 saturated carbocycles. The van der Waals surface area contributed by atoms with Crippen LogP contribution in [0.1, 0.15) is 17.5 Å². The fourth-order valence-electron chi connectivity index (χ4n) is 1.49. The third kappa shape index (κ3) is 4.53. The number of nitriles is 1. The topological polar surface area (TPSA) is 88.1 Å². The Balaban J connectivity index is 2.45. The Labute approximate surface area is 107 Å². The highest BCUT2D eigenvalue weighted by Gasteiger charge is 2.10. The number of amides is 1. The van der Waals surface area contributed by atoms with Gasteiger partial charge in [0, 0.05) is 20.2 Å². The van der Waals surface area contributed by atoms with Crippen molar-refractivity contribution in [3.05, 3.63) is 35.4 Å². The van der Waals surface area contributed by atoms with Crippen LogP contribution in [-0.4, -0.2) is 25.7 Å². The maximum absolute atomic E-state index is 11.6. The van der Waals surface area contributed by atoms with Gasteiger partial charge in [-0.15, -0.1) is 0 Å². The van der Waals surface area contributed by atoms with Gasteiger partial charge < -0.3 is 15.8 Å². The first-order chi connectivity index (χ1) is 8.69. The number of carbonyl (C=O) groups excluding carboxylic acids is 1. The van der Waals surface area contributed by atoms with Crippen LogP contribution in [0.15, 0.2) is 24.3 Å². The van der Waals surface area contributed by atoms with Crippen molar-refractivity contribution in [3.63, 3.8) is 0 Å². The van der Waals surface area contributed by atoms with Crippen LogP contribution in [0.4, 0.5) is 0 Å². The molecule has 96 valence electrons. The van der Waals surface area contributed by atoms with Gasteiger partial charge >= 0.3 is 0 Å². The van der Waals surface area contributed by atoms with Crippen LogP contribution in [0, 0.1) is 11.3 Å². The minimum Gasteiger partial charge on any atom is -0.380 e. The van der Waals surface area contributed by atoms with Crippen LogP contribution >= 0.6 is 0 Å². The van der Waals surface area contributed by atoms with Gasteiger partial charge in [0.15, 0.2) is 0 Å². The fraction of sp³-hybridized carbons (Fsp3) is 0.385. The molecule has 0 radical (unpaired) electrons. The van der Waals surface area contributed by atoms with Gasteiger partial charge in [0.25, 0.3) is 0 Å². The molecule has 0 aromatic heterocycles. The number of rotatable bonds is 6. The summed E-state index contributed by atoms with van der Waals surface area (Å²) in [5, 5.41) is 11.5. The lowest BCUT2D eigenvalue weighted by molar-refractivity contribution is -0.123. The number of hydrogen-bond donors (Lipinski definition) is 2. The van der Waals surface area contributed by atoms with E-state index < -0.39 is 0 Å². The quantitative estimate of drug-likeness (QED) is 0.768. The molecule has 5 nitrogen and oxygen atoms in total. The van der Waals surface area contributed by atoms with Crippen molar-refractivity contribution >= 4 is 5.91 Å². The van der Waals surface area contributed by atoms with Gasteiger partial charge in [0.05, 0.1) is 24.2 Å². The van der Waals surface area contributed by atoms with Crippen molar-refractivity contribution in [1.29, 1.82) is 5.26 Å². The zero-order chi connectivity index (χ0) is 13.4. The smallest absolute Gasteiger partial charge is 0.222 e. The molecule has 0 aliphatic rings. The summed E-state index contributed by atoms with van der Waals surface area (Å²) in [6.45, 7) is 0.712. The molecular formula is C13H17N3O2. The second-order valence-electron chi connectivity index (χ2n) is 3.89. The van der Waals surface area contributed by atoms with Crippen LogP contribution in [0.25, 0.3) is 0 Å². The minimum absolute atomic E-state index is 0.116. The number of methoxy groups -OCH3 is 1. The van der Waals surface area contributed by atoms with Gasteiger partial charge in [-0.2, -0.15) is 5.26 Å². The lowest BCUT2D eigenvalue weighted by atomic mass is 10.1. The first-order valence-electron chi connectivity index (χ1n) is 5.68. The molecule has 1 unspecified atom stereocenters. The van der Waals surface area contributed by atoms with Gasteiger partial charge in [-0.05, 0) is 17.7 Å². The number of carbonyl (C=O) groups is 1. The summed E-state index contributed by atoms with van der Waals surface area (Å²) >= 11 is 0. The molecule has 1 aromatic rings. The average Bonchev–Trinajstić information content (AvgIpc) is 2.42. The second kappa shape index (κ2) is 7.43. The molecule has 0 heterocycles. The van der Waals surface area contributed by atoms with E-state index in [1.165, 1.54) is 7.11 Å². The lowest BCUT2D eigenvalue weighted by Crippen LogP contribution is -2.31. The lowest BCUT2D eigenvalue weighted by Gasteiger charge is -2.12. The summed E-state index contributed by atoms with van der Waals surface area (Å²) in [5.74, 6) is -0.116. The zero-order valence-corrected chi connectivity index (χ0v) is 10.3. The van der Waals surface area contributed by atoms with E-state index >= 15 is 0 Å².